The van der Waals surface area contributed by atoms with Crippen molar-refractivity contribution in [1.82, 2.24) is 9.88 Å². The highest BCUT2D eigenvalue weighted by atomic mass is 35.5. The summed E-state index contributed by atoms with van der Waals surface area (Å²) in [4.78, 5) is 12.2. The van der Waals surface area contributed by atoms with Gasteiger partial charge >= 0.3 is 0 Å². The molecular weight excluding hydrogens is 298 g/mol. The Morgan fingerprint density at radius 2 is 2.20 bits per heavy atom. The Hall–Kier alpha value is -1.79. The number of halogens is 1. The van der Waals surface area contributed by atoms with Crippen molar-refractivity contribution in [1.29, 1.82) is 5.41 Å². The van der Waals surface area contributed by atoms with E-state index in [1.165, 1.54) is 11.3 Å². The number of hydrogen-bond acceptors (Lipinski definition) is 4. The maximum absolute atomic E-state index is 11.8. The molecule has 0 aliphatic carbocycles. The summed E-state index contributed by atoms with van der Waals surface area (Å²) < 4.78 is 6.82. The van der Waals surface area contributed by atoms with Gasteiger partial charge in [-0.1, -0.05) is 18.2 Å². The molecule has 1 heterocycles. The SMILES string of the molecule is COc1ccccc1CNC(=O)Cn1ccsc1=N.Cl. The monoisotopic (exact) mass is 313 g/mol. The number of nitrogens with zero attached hydrogens (tertiary/aromatic N) is 1. The molecule has 0 unspecified atom stereocenters. The predicted molar refractivity (Wildman–Crippen MR) is 80.3 cm³/mol. The minimum atomic E-state index is -0.122. The molecule has 1 aromatic carbocycles. The molecule has 108 valence electrons. The van der Waals surface area contributed by atoms with Gasteiger partial charge in [-0.3, -0.25) is 10.2 Å². The van der Waals surface area contributed by atoms with E-state index in [9.17, 15) is 4.79 Å². The van der Waals surface area contributed by atoms with Gasteiger partial charge < -0.3 is 14.6 Å². The number of methoxy groups -OCH3 is 1. The van der Waals surface area contributed by atoms with Crippen molar-refractivity contribution in [3.63, 3.8) is 0 Å². The van der Waals surface area contributed by atoms with Crippen LogP contribution in [0.2, 0.25) is 0 Å². The molecule has 0 aliphatic heterocycles. The Morgan fingerprint density at radius 3 is 2.85 bits per heavy atom. The van der Waals surface area contributed by atoms with E-state index >= 15 is 0 Å². The molecule has 20 heavy (non-hydrogen) atoms. The summed E-state index contributed by atoms with van der Waals surface area (Å²) >= 11 is 1.30. The van der Waals surface area contributed by atoms with E-state index in [2.05, 4.69) is 5.32 Å². The third-order valence-electron chi connectivity index (χ3n) is 2.66. The summed E-state index contributed by atoms with van der Waals surface area (Å²) in [6.45, 7) is 0.582. The van der Waals surface area contributed by atoms with Crippen molar-refractivity contribution in [2.24, 2.45) is 0 Å². The topological polar surface area (TPSA) is 67.1 Å². The summed E-state index contributed by atoms with van der Waals surface area (Å²) in [5.74, 6) is 0.634. The first kappa shape index (κ1) is 16.3. The molecule has 0 atom stereocenters. The maximum Gasteiger partial charge on any atom is 0.240 e. The Morgan fingerprint density at radius 1 is 1.45 bits per heavy atom. The van der Waals surface area contributed by atoms with Crippen LogP contribution in [0.1, 0.15) is 5.56 Å². The highest BCUT2D eigenvalue weighted by Crippen LogP contribution is 2.16. The van der Waals surface area contributed by atoms with E-state index < -0.39 is 0 Å². The van der Waals surface area contributed by atoms with Crippen LogP contribution in [-0.2, 0) is 17.9 Å². The van der Waals surface area contributed by atoms with Crippen LogP contribution >= 0.6 is 23.7 Å². The molecule has 7 heteroatoms. The van der Waals surface area contributed by atoms with Gasteiger partial charge in [0.2, 0.25) is 5.91 Å². The minimum absolute atomic E-state index is 0. The van der Waals surface area contributed by atoms with Gasteiger partial charge in [0.1, 0.15) is 12.3 Å². The van der Waals surface area contributed by atoms with Gasteiger partial charge in [-0.05, 0) is 6.07 Å². The van der Waals surface area contributed by atoms with Gasteiger partial charge in [-0.25, -0.2) is 0 Å². The molecule has 5 nitrogen and oxygen atoms in total. The highest BCUT2D eigenvalue weighted by molar-refractivity contribution is 7.06. The van der Waals surface area contributed by atoms with E-state index in [1.807, 2.05) is 24.3 Å². The Balaban J connectivity index is 0.00000200. The molecule has 0 saturated heterocycles. The Bertz CT molecular complexity index is 624. The van der Waals surface area contributed by atoms with E-state index in [4.69, 9.17) is 10.1 Å². The largest absolute Gasteiger partial charge is 0.496 e. The molecule has 2 aromatic rings. The molecule has 0 radical (unpaired) electrons. The number of benzene rings is 1. The average Bonchev–Trinajstić information content (AvgIpc) is 2.82. The third-order valence-corrected chi connectivity index (χ3v) is 3.38. The third kappa shape index (κ3) is 4.11. The van der Waals surface area contributed by atoms with Crippen LogP contribution in [0.3, 0.4) is 0 Å². The summed E-state index contributed by atoms with van der Waals surface area (Å²) in [7, 11) is 1.61. The number of aromatic nitrogens is 1. The van der Waals surface area contributed by atoms with Crippen molar-refractivity contribution < 1.29 is 9.53 Å². The van der Waals surface area contributed by atoms with Crippen molar-refractivity contribution in [3.8, 4) is 5.75 Å². The first-order valence-electron chi connectivity index (χ1n) is 5.78. The van der Waals surface area contributed by atoms with Crippen LogP contribution < -0.4 is 14.9 Å². The summed E-state index contributed by atoms with van der Waals surface area (Å²) in [5.41, 5.74) is 0.930. The number of carbonyl (C=O) groups excluding carboxylic acids is 1. The van der Waals surface area contributed by atoms with Crippen LogP contribution in [0.5, 0.6) is 5.75 Å². The molecule has 1 aromatic heterocycles. The van der Waals surface area contributed by atoms with Crippen LogP contribution in [0, 0.1) is 5.41 Å². The number of para-hydroxylation sites is 1. The molecular formula is C13H16ClN3O2S. The zero-order chi connectivity index (χ0) is 13.7. The normalized spacial score (nSPS) is 9.65. The fourth-order valence-corrected chi connectivity index (χ4v) is 2.28. The molecule has 0 saturated carbocycles. The summed E-state index contributed by atoms with van der Waals surface area (Å²) in [6, 6.07) is 7.56. The first-order valence-corrected chi connectivity index (χ1v) is 6.66. The van der Waals surface area contributed by atoms with Gasteiger partial charge in [0, 0.05) is 23.7 Å². The molecule has 2 rings (SSSR count). The van der Waals surface area contributed by atoms with Crippen molar-refractivity contribution in [2.45, 2.75) is 13.1 Å². The first-order chi connectivity index (χ1) is 9.20. The van der Waals surface area contributed by atoms with Gasteiger partial charge in [-0.15, -0.1) is 23.7 Å². The molecule has 0 fully saturated rings. The second kappa shape index (κ2) is 7.72. The van der Waals surface area contributed by atoms with Crippen molar-refractivity contribution in [3.05, 3.63) is 46.2 Å². The van der Waals surface area contributed by atoms with Crippen LogP contribution in [-0.4, -0.2) is 17.6 Å². The second-order valence-corrected chi connectivity index (χ2v) is 4.82. The number of carbonyl (C=O) groups is 1. The van der Waals surface area contributed by atoms with Gasteiger partial charge in [0.15, 0.2) is 4.80 Å². The summed E-state index contributed by atoms with van der Waals surface area (Å²) in [5, 5.41) is 12.2. The second-order valence-electron chi connectivity index (χ2n) is 3.92. The van der Waals surface area contributed by atoms with E-state index in [1.54, 1.807) is 23.3 Å². The van der Waals surface area contributed by atoms with Gasteiger partial charge in [0.25, 0.3) is 0 Å². The molecule has 0 spiro atoms. The fraction of sp³-hybridized carbons (Fsp3) is 0.231. The lowest BCUT2D eigenvalue weighted by molar-refractivity contribution is -0.121. The number of nitrogens with one attached hydrogen (secondary N) is 2. The van der Waals surface area contributed by atoms with Crippen LogP contribution in [0.4, 0.5) is 0 Å². The lowest BCUT2D eigenvalue weighted by Gasteiger charge is -2.09. The lowest BCUT2D eigenvalue weighted by atomic mass is 10.2. The summed E-state index contributed by atoms with van der Waals surface area (Å²) in [6.07, 6.45) is 1.73. The molecule has 2 N–H and O–H groups in total. The Labute approximate surface area is 127 Å². The molecule has 0 bridgehead atoms. The smallest absolute Gasteiger partial charge is 0.240 e. The number of ether oxygens (including phenoxy) is 1. The standard InChI is InChI=1S/C13H15N3O2S.ClH/c1-18-11-5-3-2-4-10(11)8-15-12(17)9-16-6-7-19-13(16)14;/h2-7,14H,8-9H2,1H3,(H,15,17);1H. The number of thiazole rings is 1. The number of hydrogen-bond donors (Lipinski definition) is 2. The van der Waals surface area contributed by atoms with Crippen molar-refractivity contribution >= 4 is 29.7 Å². The molecule has 0 aliphatic rings. The quantitative estimate of drug-likeness (QED) is 0.883. The van der Waals surface area contributed by atoms with Crippen LogP contribution in [0.15, 0.2) is 35.8 Å². The average molecular weight is 314 g/mol. The maximum atomic E-state index is 11.8. The predicted octanol–water partition coefficient (Wildman–Crippen LogP) is 1.78. The number of rotatable bonds is 5. The Kier molecular flexibility index (Phi) is 6.27. The fourth-order valence-electron chi connectivity index (χ4n) is 1.68. The van der Waals surface area contributed by atoms with Crippen LogP contribution in [0.25, 0.3) is 0 Å². The zero-order valence-corrected chi connectivity index (χ0v) is 12.6. The zero-order valence-electron chi connectivity index (χ0n) is 11.0. The van der Waals surface area contributed by atoms with E-state index in [0.29, 0.717) is 11.3 Å². The van der Waals surface area contributed by atoms with E-state index in [0.717, 1.165) is 11.3 Å². The van der Waals surface area contributed by atoms with Gasteiger partial charge in [0.05, 0.1) is 7.11 Å². The van der Waals surface area contributed by atoms with Crippen molar-refractivity contribution in [2.75, 3.05) is 7.11 Å². The highest BCUT2D eigenvalue weighted by Gasteiger charge is 2.06. The molecule has 1 amide bonds. The lowest BCUT2D eigenvalue weighted by Crippen LogP contribution is -2.29. The van der Waals surface area contributed by atoms with E-state index in [-0.39, 0.29) is 24.9 Å². The number of amides is 1. The minimum Gasteiger partial charge on any atom is -0.496 e. The van der Waals surface area contributed by atoms with Gasteiger partial charge in [-0.2, -0.15) is 0 Å².